The molecule has 0 bridgehead atoms. The predicted molar refractivity (Wildman–Crippen MR) is 152 cm³/mol. The van der Waals surface area contributed by atoms with Gasteiger partial charge in [0.25, 0.3) is 0 Å². The maximum atomic E-state index is 12.9. The number of rotatable bonds is 7. The third-order valence-electron chi connectivity index (χ3n) is 7.95. The number of hydrogen-bond donors (Lipinski definition) is 3. The van der Waals surface area contributed by atoms with E-state index in [9.17, 15) is 19.8 Å². The number of phenolic OH excluding ortho intramolecular Hbond substituents is 1. The number of carboxylic acid groups (broad SMARTS) is 1. The molecule has 1 heterocycles. The van der Waals surface area contributed by atoms with Crippen LogP contribution >= 0.6 is 0 Å². The van der Waals surface area contributed by atoms with Crippen molar-refractivity contribution in [2.75, 3.05) is 13.2 Å². The summed E-state index contributed by atoms with van der Waals surface area (Å²) in [4.78, 5) is 24.2. The van der Waals surface area contributed by atoms with Crippen molar-refractivity contribution in [1.29, 1.82) is 0 Å². The van der Waals surface area contributed by atoms with Gasteiger partial charge in [-0.25, -0.2) is 9.59 Å². The lowest BCUT2D eigenvalue weighted by molar-refractivity contribution is 0.00578. The van der Waals surface area contributed by atoms with E-state index < -0.39 is 30.4 Å². The van der Waals surface area contributed by atoms with Crippen LogP contribution in [0.4, 0.5) is 4.79 Å². The van der Waals surface area contributed by atoms with E-state index in [0.717, 1.165) is 22.3 Å². The number of amides is 1. The van der Waals surface area contributed by atoms with Crippen molar-refractivity contribution in [3.63, 3.8) is 0 Å². The van der Waals surface area contributed by atoms with Crippen LogP contribution in [0.3, 0.4) is 0 Å². The number of carbonyl (C=O) groups is 2. The Labute approximate surface area is 233 Å². The fourth-order valence-electron chi connectivity index (χ4n) is 5.02. The van der Waals surface area contributed by atoms with E-state index in [1.54, 1.807) is 6.08 Å². The number of fused-ring (bicyclic) bond motifs is 3. The molecule has 206 valence electrons. The lowest BCUT2D eigenvalue weighted by Crippen LogP contribution is -2.41. The quantitative estimate of drug-likeness (QED) is 0.332. The summed E-state index contributed by atoms with van der Waals surface area (Å²) in [5.41, 5.74) is 4.13. The van der Waals surface area contributed by atoms with Crippen molar-refractivity contribution in [1.82, 2.24) is 5.32 Å². The summed E-state index contributed by atoms with van der Waals surface area (Å²) >= 11 is 0. The van der Waals surface area contributed by atoms with Crippen LogP contribution in [0, 0.1) is 0 Å². The minimum Gasteiger partial charge on any atom is -0.507 e. The van der Waals surface area contributed by atoms with Gasteiger partial charge in [-0.1, -0.05) is 60.7 Å². The molecular formula is C31H32BNO7. The Morgan fingerprint density at radius 2 is 1.52 bits per heavy atom. The maximum Gasteiger partial charge on any atom is 0.492 e. The molecule has 40 heavy (non-hydrogen) atoms. The number of alkyl carbamates (subject to hydrolysis) is 1. The predicted octanol–water partition coefficient (Wildman–Crippen LogP) is 5.64. The molecule has 3 aromatic carbocycles. The summed E-state index contributed by atoms with van der Waals surface area (Å²) in [5.74, 6) is -1.43. The first-order valence-electron chi connectivity index (χ1n) is 13.2. The van der Waals surface area contributed by atoms with Crippen LogP contribution in [-0.4, -0.2) is 53.7 Å². The smallest absolute Gasteiger partial charge is 0.492 e. The average molecular weight is 541 g/mol. The monoisotopic (exact) mass is 541 g/mol. The van der Waals surface area contributed by atoms with Gasteiger partial charge in [0.15, 0.2) is 0 Å². The molecule has 1 amide bonds. The minimum atomic E-state index is -1.14. The number of hydrogen-bond acceptors (Lipinski definition) is 6. The van der Waals surface area contributed by atoms with Gasteiger partial charge in [0, 0.05) is 18.0 Å². The van der Waals surface area contributed by atoms with Crippen molar-refractivity contribution >= 4 is 25.3 Å². The highest BCUT2D eigenvalue weighted by atomic mass is 16.7. The van der Waals surface area contributed by atoms with E-state index in [2.05, 4.69) is 29.6 Å². The van der Waals surface area contributed by atoms with Gasteiger partial charge < -0.3 is 29.6 Å². The first-order valence-corrected chi connectivity index (χ1v) is 13.2. The van der Waals surface area contributed by atoms with Crippen molar-refractivity contribution < 1.29 is 33.8 Å². The normalized spacial score (nSPS) is 17.3. The van der Waals surface area contributed by atoms with Crippen molar-refractivity contribution in [3.05, 3.63) is 94.5 Å². The van der Waals surface area contributed by atoms with E-state index in [0.29, 0.717) is 11.0 Å². The van der Waals surface area contributed by atoms with Crippen LogP contribution in [0.15, 0.2) is 72.2 Å². The molecular weight excluding hydrogens is 509 g/mol. The number of aromatic hydroxyl groups is 1. The van der Waals surface area contributed by atoms with Crippen LogP contribution in [0.1, 0.15) is 60.7 Å². The lowest BCUT2D eigenvalue weighted by atomic mass is 9.77. The zero-order valence-corrected chi connectivity index (χ0v) is 22.9. The van der Waals surface area contributed by atoms with Gasteiger partial charge >= 0.3 is 19.2 Å². The lowest BCUT2D eigenvalue weighted by Gasteiger charge is -2.32. The highest BCUT2D eigenvalue weighted by molar-refractivity contribution is 6.56. The van der Waals surface area contributed by atoms with Crippen molar-refractivity contribution in [2.45, 2.75) is 44.8 Å². The Balaban J connectivity index is 1.32. The molecule has 1 aliphatic heterocycles. The largest absolute Gasteiger partial charge is 0.507 e. The van der Waals surface area contributed by atoms with Gasteiger partial charge in [-0.3, -0.25) is 0 Å². The Hall–Kier alpha value is -4.08. The van der Waals surface area contributed by atoms with Gasteiger partial charge in [-0.2, -0.15) is 0 Å². The minimum absolute atomic E-state index is 0.0215. The molecule has 8 nitrogen and oxygen atoms in total. The second-order valence-electron chi connectivity index (χ2n) is 11.1. The van der Waals surface area contributed by atoms with Crippen LogP contribution in [0.25, 0.3) is 17.2 Å². The molecule has 0 spiro atoms. The fourth-order valence-corrected chi connectivity index (χ4v) is 5.02. The molecule has 0 unspecified atom stereocenters. The number of phenols is 1. The fraction of sp³-hybridized carbons (Fsp3) is 0.290. The van der Waals surface area contributed by atoms with Gasteiger partial charge in [0.2, 0.25) is 0 Å². The van der Waals surface area contributed by atoms with E-state index in [1.807, 2.05) is 52.0 Å². The molecule has 1 aliphatic carbocycles. The molecule has 1 fully saturated rings. The summed E-state index contributed by atoms with van der Waals surface area (Å²) in [6.45, 7) is 7.87. The zero-order valence-electron chi connectivity index (χ0n) is 22.9. The first kappa shape index (κ1) is 27.5. The first-order chi connectivity index (χ1) is 19.0. The molecule has 5 rings (SSSR count). The summed E-state index contributed by atoms with van der Waals surface area (Å²) in [7, 11) is -0.808. The Morgan fingerprint density at radius 3 is 2.08 bits per heavy atom. The van der Waals surface area contributed by atoms with E-state index in [4.69, 9.17) is 14.0 Å². The molecule has 2 aliphatic rings. The Kier molecular flexibility index (Phi) is 7.20. The van der Waals surface area contributed by atoms with Crippen LogP contribution < -0.4 is 5.32 Å². The van der Waals surface area contributed by atoms with Crippen LogP contribution in [0.5, 0.6) is 5.75 Å². The van der Waals surface area contributed by atoms with Gasteiger partial charge in [0.05, 0.1) is 16.8 Å². The molecule has 0 radical (unpaired) electrons. The van der Waals surface area contributed by atoms with Crippen molar-refractivity contribution in [3.8, 4) is 16.9 Å². The third kappa shape index (κ3) is 5.22. The second kappa shape index (κ2) is 10.5. The number of benzene rings is 3. The highest BCUT2D eigenvalue weighted by Crippen LogP contribution is 2.44. The van der Waals surface area contributed by atoms with Crippen LogP contribution in [0.2, 0.25) is 0 Å². The van der Waals surface area contributed by atoms with Gasteiger partial charge in [-0.15, -0.1) is 0 Å². The number of carbonyl (C=O) groups excluding carboxylic acids is 1. The summed E-state index contributed by atoms with van der Waals surface area (Å²) in [5, 5.41) is 22.5. The SMILES string of the molecule is CC1(C)OB(C(=Cc2ccc(C(=O)O)cc2O)CNC(=O)OCC2c3ccccc3-c3ccccc32)OC1(C)C. The standard InChI is InChI=1S/C31H32BNO7/c1-30(2)31(3,4)40-32(39-30)21(15-19-13-14-20(28(35)36)16-27(19)34)17-33-29(37)38-18-26-24-11-7-5-9-22(24)23-10-6-8-12-25(23)26/h5-16,26,34H,17-18H2,1-4H3,(H,33,37)(H,35,36). The molecule has 0 aromatic heterocycles. The molecule has 9 heteroatoms. The maximum absolute atomic E-state index is 12.9. The van der Waals surface area contributed by atoms with E-state index in [-0.39, 0.29) is 30.4 Å². The third-order valence-corrected chi connectivity index (χ3v) is 7.95. The van der Waals surface area contributed by atoms with Gasteiger partial charge in [0.1, 0.15) is 12.4 Å². The second-order valence-corrected chi connectivity index (χ2v) is 11.1. The molecule has 0 saturated carbocycles. The van der Waals surface area contributed by atoms with Crippen molar-refractivity contribution in [2.24, 2.45) is 0 Å². The number of ether oxygens (including phenoxy) is 1. The van der Waals surface area contributed by atoms with Gasteiger partial charge in [-0.05, 0) is 67.6 Å². The number of aromatic carboxylic acids is 1. The topological polar surface area (TPSA) is 114 Å². The summed E-state index contributed by atoms with van der Waals surface area (Å²) in [6.07, 6.45) is 1.03. The zero-order chi connectivity index (χ0) is 28.7. The summed E-state index contributed by atoms with van der Waals surface area (Å²) in [6, 6.07) is 20.3. The van der Waals surface area contributed by atoms with Crippen LogP contribution in [-0.2, 0) is 14.0 Å². The molecule has 0 atom stereocenters. The van der Waals surface area contributed by atoms with E-state index >= 15 is 0 Å². The molecule has 3 N–H and O–H groups in total. The number of carboxylic acids is 1. The number of nitrogens with one attached hydrogen (secondary N) is 1. The average Bonchev–Trinajstić information content (AvgIpc) is 3.34. The molecule has 1 saturated heterocycles. The Bertz CT molecular complexity index is 1440. The molecule has 3 aromatic rings. The Morgan fingerprint density at radius 1 is 0.950 bits per heavy atom. The van der Waals surface area contributed by atoms with E-state index in [1.165, 1.54) is 18.2 Å². The highest BCUT2D eigenvalue weighted by Gasteiger charge is 2.52. The summed E-state index contributed by atoms with van der Waals surface area (Å²) < 4.78 is 18.1.